The Labute approximate surface area is 149 Å². The van der Waals surface area contributed by atoms with Crippen LogP contribution in [-0.4, -0.2) is 48.2 Å². The lowest BCUT2D eigenvalue weighted by atomic mass is 9.83. The molecule has 1 aromatic heterocycles. The van der Waals surface area contributed by atoms with E-state index in [0.717, 1.165) is 37.5 Å². The number of aromatic amines is 1. The molecule has 0 unspecified atom stereocenters. The average molecular weight is 339 g/mol. The van der Waals surface area contributed by atoms with Crippen LogP contribution in [0.2, 0.25) is 0 Å². The van der Waals surface area contributed by atoms with E-state index in [1.54, 1.807) is 0 Å². The lowest BCUT2D eigenvalue weighted by Crippen LogP contribution is -2.57. The predicted molar refractivity (Wildman–Crippen MR) is 101 cm³/mol. The zero-order chi connectivity index (χ0) is 16.8. The van der Waals surface area contributed by atoms with Crippen molar-refractivity contribution in [2.45, 2.75) is 51.1 Å². The SMILES string of the molecule is C[C@H](Cc1c[nH]c2ccc3c(c12)CCCO3)N[C@@H]1CN2CCC1CC2. The highest BCUT2D eigenvalue weighted by atomic mass is 16.5. The summed E-state index contributed by atoms with van der Waals surface area (Å²) in [6, 6.07) is 5.49. The fourth-order valence-electron chi connectivity index (χ4n) is 5.24. The molecule has 2 atom stereocenters. The van der Waals surface area contributed by atoms with E-state index in [1.807, 2.05) is 0 Å². The van der Waals surface area contributed by atoms with Gasteiger partial charge in [0, 0.05) is 41.3 Å². The summed E-state index contributed by atoms with van der Waals surface area (Å²) in [5.74, 6) is 1.98. The molecule has 4 nitrogen and oxygen atoms in total. The summed E-state index contributed by atoms with van der Waals surface area (Å²) >= 11 is 0. The van der Waals surface area contributed by atoms with Crippen LogP contribution >= 0.6 is 0 Å². The summed E-state index contributed by atoms with van der Waals surface area (Å²) in [7, 11) is 0. The first-order chi connectivity index (χ1) is 12.3. The second kappa shape index (κ2) is 6.33. The third-order valence-corrected chi connectivity index (χ3v) is 6.50. The second-order valence-electron chi connectivity index (χ2n) is 8.25. The summed E-state index contributed by atoms with van der Waals surface area (Å²) in [4.78, 5) is 6.11. The van der Waals surface area contributed by atoms with E-state index in [4.69, 9.17) is 4.74 Å². The third kappa shape index (κ3) is 2.85. The van der Waals surface area contributed by atoms with Crippen LogP contribution in [0.5, 0.6) is 5.75 Å². The number of hydrogen-bond donors (Lipinski definition) is 2. The van der Waals surface area contributed by atoms with Crippen molar-refractivity contribution in [3.63, 3.8) is 0 Å². The van der Waals surface area contributed by atoms with Crippen LogP contribution in [-0.2, 0) is 12.8 Å². The molecule has 0 radical (unpaired) electrons. The Balaban J connectivity index is 1.35. The normalized spacial score (nSPS) is 29.4. The van der Waals surface area contributed by atoms with Crippen molar-refractivity contribution < 1.29 is 4.74 Å². The highest BCUT2D eigenvalue weighted by Gasteiger charge is 2.34. The molecular formula is C21H29N3O. The molecular weight excluding hydrogens is 310 g/mol. The van der Waals surface area contributed by atoms with Crippen LogP contribution in [0.25, 0.3) is 10.9 Å². The first-order valence-electron chi connectivity index (χ1n) is 10.0. The monoisotopic (exact) mass is 339 g/mol. The van der Waals surface area contributed by atoms with Crippen molar-refractivity contribution in [2.75, 3.05) is 26.2 Å². The number of fused-ring (bicyclic) bond motifs is 6. The van der Waals surface area contributed by atoms with Crippen molar-refractivity contribution in [1.82, 2.24) is 15.2 Å². The summed E-state index contributed by atoms with van der Waals surface area (Å²) in [6.07, 6.45) is 8.32. The standard InChI is InChI=1S/C21H29N3O/c1-14(23-19-13-24-8-6-15(19)7-9-24)11-16-12-22-18-4-5-20-17(21(16)18)3-2-10-25-20/h4-5,12,14-15,19,22-23H,2-3,6-11,13H2,1H3/t14-,19-/m1/s1. The van der Waals surface area contributed by atoms with Crippen molar-refractivity contribution in [2.24, 2.45) is 5.92 Å². The maximum absolute atomic E-state index is 5.88. The zero-order valence-electron chi connectivity index (χ0n) is 15.2. The number of aryl methyl sites for hydroxylation is 1. The molecule has 6 rings (SSSR count). The Hall–Kier alpha value is -1.52. The van der Waals surface area contributed by atoms with Crippen molar-refractivity contribution in [1.29, 1.82) is 0 Å². The molecule has 2 N–H and O–H groups in total. The zero-order valence-corrected chi connectivity index (χ0v) is 15.2. The molecule has 3 saturated heterocycles. The van der Waals surface area contributed by atoms with Gasteiger partial charge in [-0.25, -0.2) is 0 Å². The summed E-state index contributed by atoms with van der Waals surface area (Å²) in [5, 5.41) is 5.36. The number of rotatable bonds is 4. The molecule has 1 aromatic carbocycles. The molecule has 5 heterocycles. The number of piperidine rings is 3. The second-order valence-corrected chi connectivity index (χ2v) is 8.25. The van der Waals surface area contributed by atoms with Crippen LogP contribution in [0.4, 0.5) is 0 Å². The van der Waals surface area contributed by atoms with E-state index in [-0.39, 0.29) is 0 Å². The Morgan fingerprint density at radius 3 is 3.00 bits per heavy atom. The maximum Gasteiger partial charge on any atom is 0.123 e. The number of H-pyrrole nitrogens is 1. The first-order valence-corrected chi connectivity index (χ1v) is 10.0. The molecule has 25 heavy (non-hydrogen) atoms. The van der Waals surface area contributed by atoms with Crippen LogP contribution in [0.1, 0.15) is 37.3 Å². The molecule has 0 amide bonds. The van der Waals surface area contributed by atoms with Gasteiger partial charge in [-0.1, -0.05) is 0 Å². The Morgan fingerprint density at radius 2 is 2.20 bits per heavy atom. The van der Waals surface area contributed by atoms with Crippen molar-refractivity contribution >= 4 is 10.9 Å². The fourth-order valence-corrected chi connectivity index (χ4v) is 5.24. The van der Waals surface area contributed by atoms with Gasteiger partial charge in [0.15, 0.2) is 0 Å². The number of aromatic nitrogens is 1. The number of benzene rings is 1. The minimum Gasteiger partial charge on any atom is -0.493 e. The average Bonchev–Trinajstić information content (AvgIpc) is 3.06. The summed E-state index contributed by atoms with van der Waals surface area (Å²) in [6.45, 7) is 7.07. The van der Waals surface area contributed by atoms with E-state index < -0.39 is 0 Å². The highest BCUT2D eigenvalue weighted by molar-refractivity contribution is 5.89. The van der Waals surface area contributed by atoms with E-state index in [0.29, 0.717) is 12.1 Å². The largest absolute Gasteiger partial charge is 0.493 e. The van der Waals surface area contributed by atoms with E-state index in [2.05, 4.69) is 40.5 Å². The molecule has 4 aliphatic rings. The van der Waals surface area contributed by atoms with E-state index in [9.17, 15) is 0 Å². The Morgan fingerprint density at radius 1 is 1.32 bits per heavy atom. The van der Waals surface area contributed by atoms with Crippen LogP contribution < -0.4 is 10.1 Å². The van der Waals surface area contributed by atoms with Gasteiger partial charge in [0.1, 0.15) is 5.75 Å². The molecule has 0 saturated carbocycles. The lowest BCUT2D eigenvalue weighted by Gasteiger charge is -2.46. The minimum atomic E-state index is 0.505. The molecule has 3 fully saturated rings. The van der Waals surface area contributed by atoms with Gasteiger partial charge < -0.3 is 19.9 Å². The predicted octanol–water partition coefficient (Wildman–Crippen LogP) is 3.11. The molecule has 4 heteroatoms. The van der Waals surface area contributed by atoms with Gasteiger partial charge in [-0.2, -0.15) is 0 Å². The number of ether oxygens (including phenoxy) is 1. The van der Waals surface area contributed by atoms with Crippen molar-refractivity contribution in [3.05, 3.63) is 29.5 Å². The van der Waals surface area contributed by atoms with Gasteiger partial charge >= 0.3 is 0 Å². The molecule has 2 bridgehead atoms. The van der Waals surface area contributed by atoms with Gasteiger partial charge in [-0.15, -0.1) is 0 Å². The lowest BCUT2D eigenvalue weighted by molar-refractivity contribution is 0.0681. The number of nitrogens with one attached hydrogen (secondary N) is 2. The minimum absolute atomic E-state index is 0.505. The number of hydrogen-bond acceptors (Lipinski definition) is 3. The Bertz CT molecular complexity index is 760. The van der Waals surface area contributed by atoms with Gasteiger partial charge in [-0.3, -0.25) is 0 Å². The molecule has 134 valence electrons. The summed E-state index contributed by atoms with van der Waals surface area (Å²) in [5.41, 5.74) is 4.11. The fraction of sp³-hybridized carbons (Fsp3) is 0.619. The van der Waals surface area contributed by atoms with Crippen LogP contribution in [0.15, 0.2) is 18.3 Å². The van der Waals surface area contributed by atoms with Gasteiger partial charge in [0.25, 0.3) is 0 Å². The third-order valence-electron chi connectivity index (χ3n) is 6.50. The van der Waals surface area contributed by atoms with Gasteiger partial charge in [-0.05, 0) is 75.7 Å². The van der Waals surface area contributed by atoms with E-state index in [1.165, 1.54) is 54.5 Å². The molecule has 2 aromatic rings. The molecule has 4 aliphatic heterocycles. The van der Waals surface area contributed by atoms with Crippen LogP contribution in [0, 0.1) is 5.92 Å². The van der Waals surface area contributed by atoms with Gasteiger partial charge in [0.05, 0.1) is 6.61 Å². The smallest absolute Gasteiger partial charge is 0.123 e. The summed E-state index contributed by atoms with van der Waals surface area (Å²) < 4.78 is 5.88. The quantitative estimate of drug-likeness (QED) is 0.899. The first kappa shape index (κ1) is 15.7. The molecule has 0 aliphatic carbocycles. The topological polar surface area (TPSA) is 40.3 Å². The highest BCUT2D eigenvalue weighted by Crippen LogP contribution is 2.34. The van der Waals surface area contributed by atoms with E-state index >= 15 is 0 Å². The van der Waals surface area contributed by atoms with Crippen LogP contribution in [0.3, 0.4) is 0 Å². The maximum atomic E-state index is 5.88. The van der Waals surface area contributed by atoms with Gasteiger partial charge in [0.2, 0.25) is 0 Å². The van der Waals surface area contributed by atoms with Crippen molar-refractivity contribution in [3.8, 4) is 5.75 Å². The Kier molecular flexibility index (Phi) is 3.98. The number of nitrogens with zero attached hydrogens (tertiary/aromatic N) is 1. The molecule has 0 spiro atoms.